The number of sulfonamides is 1. The number of aryl methyl sites for hydroxylation is 1. The van der Waals surface area contributed by atoms with Gasteiger partial charge >= 0.3 is 0 Å². The summed E-state index contributed by atoms with van der Waals surface area (Å²) in [4.78, 5) is 23.8. The van der Waals surface area contributed by atoms with E-state index in [1.807, 2.05) is 6.07 Å². The van der Waals surface area contributed by atoms with Crippen molar-refractivity contribution in [2.75, 3.05) is 17.2 Å². The lowest BCUT2D eigenvalue weighted by atomic mass is 9.90. The minimum absolute atomic E-state index is 0.156. The number of nitrogens with two attached hydrogens (primary N) is 1. The van der Waals surface area contributed by atoms with Gasteiger partial charge in [-0.1, -0.05) is 19.8 Å². The molecule has 0 radical (unpaired) electrons. The number of carbonyl (C=O) groups is 1. The summed E-state index contributed by atoms with van der Waals surface area (Å²) in [7, 11) is -4.17. The second-order valence-electron chi connectivity index (χ2n) is 9.47. The lowest BCUT2D eigenvalue weighted by molar-refractivity contribution is 0.0981. The molecule has 2 fully saturated rings. The quantitative estimate of drug-likeness (QED) is 0.656. The first kappa shape index (κ1) is 22.5. The molecule has 1 amide bonds. The number of aromatic nitrogens is 2. The second kappa shape index (κ2) is 8.35. The summed E-state index contributed by atoms with van der Waals surface area (Å²) >= 11 is 0. The maximum Gasteiger partial charge on any atom is 0.268 e. The summed E-state index contributed by atoms with van der Waals surface area (Å²) in [6, 6.07) is 6.31. The van der Waals surface area contributed by atoms with Gasteiger partial charge in [-0.2, -0.15) is 0 Å². The number of amides is 1. The number of nitrogen functional groups attached to an aromatic ring is 1. The van der Waals surface area contributed by atoms with Crippen molar-refractivity contribution in [3.63, 3.8) is 0 Å². The van der Waals surface area contributed by atoms with Gasteiger partial charge in [-0.15, -0.1) is 0 Å². The highest BCUT2D eigenvalue weighted by atomic mass is 32.2. The third-order valence-corrected chi connectivity index (χ3v) is 8.32. The van der Waals surface area contributed by atoms with E-state index in [0.29, 0.717) is 11.7 Å². The van der Waals surface area contributed by atoms with Crippen molar-refractivity contribution in [2.24, 2.45) is 11.8 Å². The van der Waals surface area contributed by atoms with E-state index in [0.717, 1.165) is 37.4 Å². The second-order valence-corrected chi connectivity index (χ2v) is 11.1. The van der Waals surface area contributed by atoms with Gasteiger partial charge in [0.05, 0.1) is 5.56 Å². The number of nitrogens with zero attached hydrogens (tertiary/aromatic N) is 3. The van der Waals surface area contributed by atoms with Crippen LogP contribution in [0.5, 0.6) is 0 Å². The van der Waals surface area contributed by atoms with Gasteiger partial charge in [0.25, 0.3) is 15.9 Å². The normalized spacial score (nSPS) is 20.3. The van der Waals surface area contributed by atoms with Gasteiger partial charge in [0.15, 0.2) is 0 Å². The molecule has 1 aliphatic heterocycles. The van der Waals surface area contributed by atoms with E-state index >= 15 is 0 Å². The summed E-state index contributed by atoms with van der Waals surface area (Å²) in [6.07, 6.45) is 6.88. The Balaban J connectivity index is 1.67. The van der Waals surface area contributed by atoms with Crippen LogP contribution in [0.1, 0.15) is 62.5 Å². The van der Waals surface area contributed by atoms with Crippen molar-refractivity contribution in [3.8, 4) is 0 Å². The molecule has 1 aliphatic carbocycles. The highest BCUT2D eigenvalue weighted by Gasteiger charge is 2.41. The van der Waals surface area contributed by atoms with E-state index in [4.69, 9.17) is 10.7 Å². The molecule has 8 nitrogen and oxygen atoms in total. The van der Waals surface area contributed by atoms with Crippen molar-refractivity contribution in [3.05, 3.63) is 41.7 Å². The number of hydrogen-bond donors (Lipinski definition) is 2. The van der Waals surface area contributed by atoms with Gasteiger partial charge in [0.1, 0.15) is 16.5 Å². The van der Waals surface area contributed by atoms with Gasteiger partial charge in [-0.25, -0.2) is 23.1 Å². The molecule has 0 spiro atoms. The fourth-order valence-corrected chi connectivity index (χ4v) is 5.29. The van der Waals surface area contributed by atoms with Crippen molar-refractivity contribution >= 4 is 27.6 Å². The van der Waals surface area contributed by atoms with Crippen LogP contribution in [0.2, 0.25) is 0 Å². The molecule has 2 aliphatic rings. The smallest absolute Gasteiger partial charge is 0.268 e. The highest BCUT2D eigenvalue weighted by Crippen LogP contribution is 2.39. The van der Waals surface area contributed by atoms with E-state index in [-0.39, 0.29) is 21.8 Å². The Bertz CT molecular complexity index is 1130. The molecular formula is C23H31N5O3S. The number of anilines is 2. The molecule has 0 aromatic carbocycles. The number of carbonyl (C=O) groups excluding carboxylic acids is 1. The zero-order chi connectivity index (χ0) is 23.1. The number of rotatable bonds is 7. The number of hydrogen-bond acceptors (Lipinski definition) is 7. The van der Waals surface area contributed by atoms with E-state index < -0.39 is 15.9 Å². The third-order valence-electron chi connectivity index (χ3n) is 6.94. The Kier molecular flexibility index (Phi) is 5.87. The maximum absolute atomic E-state index is 13.2. The van der Waals surface area contributed by atoms with Crippen LogP contribution in [0.25, 0.3) is 0 Å². The van der Waals surface area contributed by atoms with Crippen LogP contribution >= 0.6 is 0 Å². The van der Waals surface area contributed by atoms with Gasteiger partial charge in [0.2, 0.25) is 0 Å². The predicted octanol–water partition coefficient (Wildman–Crippen LogP) is 3.14. The van der Waals surface area contributed by atoms with E-state index in [9.17, 15) is 13.2 Å². The molecule has 172 valence electrons. The van der Waals surface area contributed by atoms with Gasteiger partial charge < -0.3 is 10.6 Å². The molecule has 2 aromatic heterocycles. The average Bonchev–Trinajstić information content (AvgIpc) is 3.52. The highest BCUT2D eigenvalue weighted by molar-refractivity contribution is 7.90. The largest absolute Gasteiger partial charge is 0.383 e. The van der Waals surface area contributed by atoms with Crippen LogP contribution in [-0.2, 0) is 16.4 Å². The van der Waals surface area contributed by atoms with Crippen LogP contribution in [0.3, 0.4) is 0 Å². The van der Waals surface area contributed by atoms with Crippen molar-refractivity contribution < 1.29 is 13.2 Å². The van der Waals surface area contributed by atoms with Crippen LogP contribution in [0.4, 0.5) is 11.6 Å². The first-order valence-electron chi connectivity index (χ1n) is 11.1. The Labute approximate surface area is 189 Å². The van der Waals surface area contributed by atoms with Crippen molar-refractivity contribution in [2.45, 2.75) is 63.3 Å². The summed E-state index contributed by atoms with van der Waals surface area (Å²) in [5.74, 6) is 0.853. The monoisotopic (exact) mass is 457 g/mol. The van der Waals surface area contributed by atoms with E-state index in [1.165, 1.54) is 31.2 Å². The molecule has 0 bridgehead atoms. The van der Waals surface area contributed by atoms with Gasteiger partial charge in [-0.3, -0.25) is 4.79 Å². The molecule has 1 unspecified atom stereocenters. The minimum atomic E-state index is -4.17. The number of pyridine rings is 2. The Hall–Kier alpha value is -2.68. The summed E-state index contributed by atoms with van der Waals surface area (Å²) < 4.78 is 27.8. The van der Waals surface area contributed by atoms with E-state index in [1.54, 1.807) is 6.07 Å². The molecule has 1 atom stereocenters. The fourth-order valence-electron chi connectivity index (χ4n) is 4.24. The summed E-state index contributed by atoms with van der Waals surface area (Å²) in [5, 5.41) is 0. The zero-order valence-electron chi connectivity index (χ0n) is 18.8. The third kappa shape index (κ3) is 4.44. The number of nitrogens with one attached hydrogen (secondary N) is 1. The summed E-state index contributed by atoms with van der Waals surface area (Å²) in [5.41, 5.74) is 6.69. The van der Waals surface area contributed by atoms with Crippen molar-refractivity contribution in [1.29, 1.82) is 0 Å². The molecule has 1 saturated heterocycles. The molecular weight excluding hydrogens is 426 g/mol. The fraction of sp³-hybridized carbons (Fsp3) is 0.522. The molecule has 9 heteroatoms. The SMILES string of the molecule is CC1CCN(c2nc(CCC3CC3)ccc2C(=O)NS(=O)(=O)c2cccnc2N)C1(C)C. The maximum atomic E-state index is 13.2. The Morgan fingerprint density at radius 1 is 1.25 bits per heavy atom. The molecule has 32 heavy (non-hydrogen) atoms. The molecule has 2 aromatic rings. The van der Waals surface area contributed by atoms with Crippen molar-refractivity contribution in [1.82, 2.24) is 14.7 Å². The standard InChI is InChI=1S/C23H31N5O3S/c1-15-12-14-28(23(15,2)3)21-18(11-10-17(26-21)9-8-16-6-7-16)22(29)27-32(30,31)19-5-4-13-25-20(19)24/h4-5,10-11,13,15-16H,6-9,12,14H2,1-3H3,(H2,24,25)(H,27,29). The van der Waals surface area contributed by atoms with E-state index in [2.05, 4.69) is 35.4 Å². The molecule has 1 saturated carbocycles. The zero-order valence-corrected chi connectivity index (χ0v) is 19.7. The summed E-state index contributed by atoms with van der Waals surface area (Å²) in [6.45, 7) is 7.22. The Morgan fingerprint density at radius 3 is 2.62 bits per heavy atom. The van der Waals surface area contributed by atoms with Gasteiger partial charge in [-0.05, 0) is 69.2 Å². The first-order valence-corrected chi connectivity index (χ1v) is 12.6. The lowest BCUT2D eigenvalue weighted by Gasteiger charge is -2.36. The van der Waals surface area contributed by atoms with Crippen LogP contribution in [0, 0.1) is 11.8 Å². The minimum Gasteiger partial charge on any atom is -0.383 e. The molecule has 3 heterocycles. The van der Waals surface area contributed by atoms with Gasteiger partial charge in [0, 0.05) is 24.0 Å². The van der Waals surface area contributed by atoms with Crippen LogP contribution in [-0.4, -0.2) is 36.4 Å². The first-order chi connectivity index (χ1) is 15.1. The van der Waals surface area contributed by atoms with Crippen LogP contribution in [0.15, 0.2) is 35.4 Å². The predicted molar refractivity (Wildman–Crippen MR) is 124 cm³/mol. The van der Waals surface area contributed by atoms with Crippen LogP contribution < -0.4 is 15.4 Å². The lowest BCUT2D eigenvalue weighted by Crippen LogP contribution is -2.44. The molecule has 3 N–H and O–H groups in total. The average molecular weight is 458 g/mol. The molecule has 4 rings (SSSR count). The topological polar surface area (TPSA) is 118 Å². The Morgan fingerprint density at radius 2 is 2.00 bits per heavy atom.